The summed E-state index contributed by atoms with van der Waals surface area (Å²) in [5.74, 6) is -2.34. The fourth-order valence-corrected chi connectivity index (χ4v) is 4.94. The average Bonchev–Trinajstić information content (AvgIpc) is 2.94. The van der Waals surface area contributed by atoms with E-state index in [0.29, 0.717) is 30.8 Å². The third-order valence-electron chi connectivity index (χ3n) is 6.94. The van der Waals surface area contributed by atoms with Crippen LogP contribution in [-0.4, -0.2) is 46.7 Å². The van der Waals surface area contributed by atoms with Crippen LogP contribution in [-0.2, 0) is 9.59 Å². The number of anilines is 1. The zero-order valence-corrected chi connectivity index (χ0v) is 22.0. The number of halogens is 2. The fourth-order valence-electron chi connectivity index (χ4n) is 4.94. The number of nitrogens with zero attached hydrogens (tertiary/aromatic N) is 2. The third-order valence-corrected chi connectivity index (χ3v) is 6.94. The highest BCUT2D eigenvalue weighted by atomic mass is 19.2. The largest absolute Gasteiger partial charge is 0.345 e. The molecule has 0 bridgehead atoms. The lowest BCUT2D eigenvalue weighted by molar-refractivity contribution is -0.137. The van der Waals surface area contributed by atoms with Gasteiger partial charge >= 0.3 is 0 Å². The summed E-state index contributed by atoms with van der Waals surface area (Å²) < 4.78 is 27.1. The fraction of sp³-hybridized carbons (Fsp3) is 0.333. The van der Waals surface area contributed by atoms with Gasteiger partial charge in [-0.15, -0.1) is 0 Å². The minimum absolute atomic E-state index is 0.0262. The Morgan fingerprint density at radius 1 is 1.03 bits per heavy atom. The molecule has 0 spiro atoms. The molecule has 9 heteroatoms. The molecule has 1 aliphatic heterocycles. The Morgan fingerprint density at radius 3 is 2.38 bits per heavy atom. The van der Waals surface area contributed by atoms with Crippen LogP contribution in [0.1, 0.15) is 61.4 Å². The molecular formula is C30H32F2N4O3. The number of benzene rings is 2. The van der Waals surface area contributed by atoms with Crippen molar-refractivity contribution in [2.75, 3.05) is 18.4 Å². The lowest BCUT2D eigenvalue weighted by atomic mass is 9.89. The number of pyridine rings is 1. The standard InChI is InChI=1S/C30H32F2N4O3/c1-3-5-27(34-19(2)37)30(39)36-16-13-21(14-17-36)20-7-10-23(11-8-20)35-29(38)24-6-4-15-33-28(24)22-9-12-25(31)26(32)18-22/h4,6-12,15,18,21,27H,3,5,13-14,16-17H2,1-2H3,(H,34,37)(H,35,38). The van der Waals surface area contributed by atoms with E-state index in [0.717, 1.165) is 37.0 Å². The van der Waals surface area contributed by atoms with E-state index in [1.807, 2.05) is 36.1 Å². The van der Waals surface area contributed by atoms with Gasteiger partial charge in [0.2, 0.25) is 11.8 Å². The van der Waals surface area contributed by atoms with Gasteiger partial charge in [-0.05, 0) is 73.2 Å². The molecule has 1 aromatic heterocycles. The molecule has 7 nitrogen and oxygen atoms in total. The molecular weight excluding hydrogens is 502 g/mol. The van der Waals surface area contributed by atoms with Crippen LogP contribution >= 0.6 is 0 Å². The van der Waals surface area contributed by atoms with Crippen LogP contribution in [0.25, 0.3) is 11.3 Å². The van der Waals surface area contributed by atoms with Crippen molar-refractivity contribution in [3.8, 4) is 11.3 Å². The number of piperidine rings is 1. The highest BCUT2D eigenvalue weighted by Gasteiger charge is 2.29. The summed E-state index contributed by atoms with van der Waals surface area (Å²) in [6.07, 6.45) is 4.54. The van der Waals surface area contributed by atoms with Crippen LogP contribution in [0.15, 0.2) is 60.8 Å². The average molecular weight is 535 g/mol. The van der Waals surface area contributed by atoms with Crippen molar-refractivity contribution < 1.29 is 23.2 Å². The van der Waals surface area contributed by atoms with Crippen molar-refractivity contribution in [2.24, 2.45) is 0 Å². The molecule has 0 aliphatic carbocycles. The van der Waals surface area contributed by atoms with Crippen molar-refractivity contribution in [1.29, 1.82) is 0 Å². The first-order chi connectivity index (χ1) is 18.8. The number of rotatable bonds is 8. The number of hydrogen-bond acceptors (Lipinski definition) is 4. The van der Waals surface area contributed by atoms with Crippen molar-refractivity contribution >= 4 is 23.4 Å². The third kappa shape index (κ3) is 6.85. The van der Waals surface area contributed by atoms with Gasteiger partial charge in [-0.3, -0.25) is 19.4 Å². The van der Waals surface area contributed by atoms with E-state index in [4.69, 9.17) is 0 Å². The molecule has 1 atom stereocenters. The molecule has 0 radical (unpaired) electrons. The molecule has 2 heterocycles. The van der Waals surface area contributed by atoms with Crippen LogP contribution in [0.3, 0.4) is 0 Å². The van der Waals surface area contributed by atoms with Gasteiger partial charge in [-0.2, -0.15) is 0 Å². The van der Waals surface area contributed by atoms with E-state index in [2.05, 4.69) is 15.6 Å². The van der Waals surface area contributed by atoms with Crippen molar-refractivity contribution in [3.63, 3.8) is 0 Å². The van der Waals surface area contributed by atoms with Gasteiger partial charge in [0.1, 0.15) is 6.04 Å². The van der Waals surface area contributed by atoms with E-state index >= 15 is 0 Å². The summed E-state index contributed by atoms with van der Waals surface area (Å²) in [6, 6.07) is 13.7. The normalized spacial score (nSPS) is 14.5. The minimum Gasteiger partial charge on any atom is -0.345 e. The quantitative estimate of drug-likeness (QED) is 0.411. The molecule has 1 fully saturated rings. The molecule has 2 N–H and O–H groups in total. The van der Waals surface area contributed by atoms with Crippen LogP contribution in [0, 0.1) is 11.6 Å². The predicted octanol–water partition coefficient (Wildman–Crippen LogP) is 5.29. The SMILES string of the molecule is CCCC(NC(C)=O)C(=O)N1CCC(c2ccc(NC(=O)c3cccnc3-c3ccc(F)c(F)c3)cc2)CC1. The number of carbonyl (C=O) groups excluding carboxylic acids is 3. The molecule has 2 aromatic carbocycles. The lowest BCUT2D eigenvalue weighted by Crippen LogP contribution is -2.50. The summed E-state index contributed by atoms with van der Waals surface area (Å²) in [4.78, 5) is 43.5. The van der Waals surface area contributed by atoms with E-state index in [1.165, 1.54) is 19.2 Å². The van der Waals surface area contributed by atoms with Gasteiger partial charge in [-0.25, -0.2) is 8.78 Å². The number of nitrogens with one attached hydrogen (secondary N) is 2. The Labute approximate surface area is 226 Å². The second-order valence-electron chi connectivity index (χ2n) is 9.75. The summed E-state index contributed by atoms with van der Waals surface area (Å²) in [6.45, 7) is 4.66. The molecule has 3 amide bonds. The predicted molar refractivity (Wildman–Crippen MR) is 145 cm³/mol. The number of aromatic nitrogens is 1. The van der Waals surface area contributed by atoms with E-state index in [9.17, 15) is 23.2 Å². The molecule has 1 saturated heterocycles. The smallest absolute Gasteiger partial charge is 0.257 e. The molecule has 39 heavy (non-hydrogen) atoms. The monoisotopic (exact) mass is 534 g/mol. The Bertz CT molecular complexity index is 1340. The Hall–Kier alpha value is -4.14. The van der Waals surface area contributed by atoms with Gasteiger partial charge < -0.3 is 15.5 Å². The highest BCUT2D eigenvalue weighted by Crippen LogP contribution is 2.30. The first-order valence-corrected chi connectivity index (χ1v) is 13.1. The van der Waals surface area contributed by atoms with Gasteiger partial charge in [-0.1, -0.05) is 25.5 Å². The second kappa shape index (κ2) is 12.6. The molecule has 0 saturated carbocycles. The van der Waals surface area contributed by atoms with Crippen LogP contribution < -0.4 is 10.6 Å². The lowest BCUT2D eigenvalue weighted by Gasteiger charge is -2.34. The van der Waals surface area contributed by atoms with Crippen molar-refractivity contribution in [2.45, 2.75) is 51.5 Å². The summed E-state index contributed by atoms with van der Waals surface area (Å²) in [7, 11) is 0. The zero-order valence-electron chi connectivity index (χ0n) is 22.0. The van der Waals surface area contributed by atoms with E-state index in [-0.39, 0.29) is 29.0 Å². The maximum absolute atomic E-state index is 13.8. The number of hydrogen-bond donors (Lipinski definition) is 2. The number of likely N-dealkylation sites (tertiary alicyclic amines) is 1. The van der Waals surface area contributed by atoms with Crippen molar-refractivity contribution in [1.82, 2.24) is 15.2 Å². The van der Waals surface area contributed by atoms with Gasteiger partial charge in [0.25, 0.3) is 5.91 Å². The van der Waals surface area contributed by atoms with Gasteiger partial charge in [0.05, 0.1) is 11.3 Å². The first kappa shape index (κ1) is 27.9. The second-order valence-corrected chi connectivity index (χ2v) is 9.75. The Balaban J connectivity index is 1.38. The van der Waals surface area contributed by atoms with E-state index < -0.39 is 23.6 Å². The van der Waals surface area contributed by atoms with Gasteiger partial charge in [0.15, 0.2) is 11.6 Å². The molecule has 4 rings (SSSR count). The maximum Gasteiger partial charge on any atom is 0.257 e. The first-order valence-electron chi connectivity index (χ1n) is 13.1. The van der Waals surface area contributed by atoms with E-state index in [1.54, 1.807) is 12.1 Å². The molecule has 1 aliphatic rings. The summed E-state index contributed by atoms with van der Waals surface area (Å²) in [5.41, 5.74) is 2.51. The topological polar surface area (TPSA) is 91.4 Å². The molecule has 3 aromatic rings. The Kier molecular flexibility index (Phi) is 9.01. The van der Waals surface area contributed by atoms with Crippen LogP contribution in [0.5, 0.6) is 0 Å². The highest BCUT2D eigenvalue weighted by molar-refractivity contribution is 6.08. The number of amides is 3. The molecule has 204 valence electrons. The summed E-state index contributed by atoms with van der Waals surface area (Å²) in [5, 5.41) is 5.62. The van der Waals surface area contributed by atoms with Crippen LogP contribution in [0.4, 0.5) is 14.5 Å². The number of carbonyl (C=O) groups is 3. The minimum atomic E-state index is -1.01. The summed E-state index contributed by atoms with van der Waals surface area (Å²) >= 11 is 0. The molecule has 1 unspecified atom stereocenters. The maximum atomic E-state index is 13.8. The van der Waals surface area contributed by atoms with Crippen LogP contribution in [0.2, 0.25) is 0 Å². The Morgan fingerprint density at radius 2 is 1.74 bits per heavy atom. The zero-order chi connectivity index (χ0) is 27.9. The van der Waals surface area contributed by atoms with Crippen molar-refractivity contribution in [3.05, 3.63) is 83.6 Å². The van der Waals surface area contributed by atoms with Gasteiger partial charge in [0, 0.05) is 37.5 Å².